The number of imide groups is 1. The van der Waals surface area contributed by atoms with Crippen LogP contribution in [0.1, 0.15) is 12.0 Å². The molecule has 1 saturated heterocycles. The minimum atomic E-state index is -1.20. The van der Waals surface area contributed by atoms with Crippen LogP contribution in [0.4, 0.5) is 0 Å². The van der Waals surface area contributed by atoms with E-state index in [0.29, 0.717) is 6.42 Å². The fourth-order valence-electron chi connectivity index (χ4n) is 3.18. The molecule has 1 heterocycles. The Balaban J connectivity index is 2.59. The van der Waals surface area contributed by atoms with Gasteiger partial charge >= 0.3 is 11.8 Å². The second-order valence-electron chi connectivity index (χ2n) is 5.90. The molecule has 130 valence electrons. The average molecular weight is 338 g/mol. The lowest BCUT2D eigenvalue weighted by atomic mass is 9.82. The predicted molar refractivity (Wildman–Crippen MR) is 96.5 cm³/mol. The van der Waals surface area contributed by atoms with Crippen LogP contribution in [-0.2, 0) is 20.8 Å². The molecule has 1 unspecified atom stereocenters. The standard InChI is InChI=1S/C20H22N2O3/c1-4-12-20(15-16-10-8-7-9-11-16)19(25)21(13-5-2)17(23)18(24)22(20)14-6-3/h4-11H,1-3,12-15H2. The van der Waals surface area contributed by atoms with E-state index in [4.69, 9.17) is 0 Å². The van der Waals surface area contributed by atoms with Gasteiger partial charge in [0.15, 0.2) is 0 Å². The molecule has 0 aliphatic carbocycles. The van der Waals surface area contributed by atoms with Crippen molar-refractivity contribution >= 4 is 17.7 Å². The van der Waals surface area contributed by atoms with Gasteiger partial charge in [-0.2, -0.15) is 0 Å². The number of carbonyl (C=O) groups excluding carboxylic acids is 3. The summed E-state index contributed by atoms with van der Waals surface area (Å²) in [7, 11) is 0. The van der Waals surface area contributed by atoms with Gasteiger partial charge in [0.05, 0.1) is 0 Å². The summed E-state index contributed by atoms with van der Waals surface area (Å²) in [4.78, 5) is 40.6. The minimum absolute atomic E-state index is 0.000974. The SMILES string of the molecule is C=CCN1C(=O)C(=O)N(CC=C)C(CC=C)(Cc2ccccc2)C1=O. The topological polar surface area (TPSA) is 57.7 Å². The molecule has 0 N–H and O–H groups in total. The van der Waals surface area contributed by atoms with Crippen LogP contribution in [-0.4, -0.2) is 46.1 Å². The third-order valence-electron chi connectivity index (χ3n) is 4.28. The van der Waals surface area contributed by atoms with Crippen LogP contribution in [0.5, 0.6) is 0 Å². The first-order chi connectivity index (χ1) is 12.0. The second-order valence-corrected chi connectivity index (χ2v) is 5.90. The van der Waals surface area contributed by atoms with Gasteiger partial charge in [-0.15, -0.1) is 19.7 Å². The molecule has 0 bridgehead atoms. The summed E-state index contributed by atoms with van der Waals surface area (Å²) < 4.78 is 0. The van der Waals surface area contributed by atoms with Gasteiger partial charge in [-0.25, -0.2) is 0 Å². The fraction of sp³-hybridized carbons (Fsp3) is 0.250. The summed E-state index contributed by atoms with van der Waals surface area (Å²) in [5.74, 6) is -1.96. The maximum atomic E-state index is 13.3. The summed E-state index contributed by atoms with van der Waals surface area (Å²) in [6.07, 6.45) is 5.09. The van der Waals surface area contributed by atoms with E-state index in [1.165, 1.54) is 17.1 Å². The van der Waals surface area contributed by atoms with Gasteiger partial charge in [0.2, 0.25) is 0 Å². The molecule has 0 aromatic heterocycles. The normalized spacial score (nSPS) is 20.6. The lowest BCUT2D eigenvalue weighted by Crippen LogP contribution is -2.70. The molecule has 1 fully saturated rings. The van der Waals surface area contributed by atoms with E-state index in [0.717, 1.165) is 10.5 Å². The van der Waals surface area contributed by atoms with E-state index < -0.39 is 23.3 Å². The van der Waals surface area contributed by atoms with Gasteiger partial charge in [-0.1, -0.05) is 48.6 Å². The number of amides is 3. The van der Waals surface area contributed by atoms with Crippen molar-refractivity contribution in [2.75, 3.05) is 13.1 Å². The van der Waals surface area contributed by atoms with Crippen molar-refractivity contribution in [3.63, 3.8) is 0 Å². The van der Waals surface area contributed by atoms with Crippen LogP contribution in [0.2, 0.25) is 0 Å². The van der Waals surface area contributed by atoms with Crippen molar-refractivity contribution in [1.82, 2.24) is 9.80 Å². The quantitative estimate of drug-likeness (QED) is 0.414. The Kier molecular flexibility index (Phi) is 5.70. The Bertz CT molecular complexity index is 711. The number of carbonyl (C=O) groups is 3. The number of hydrogen-bond acceptors (Lipinski definition) is 3. The van der Waals surface area contributed by atoms with E-state index in [-0.39, 0.29) is 19.5 Å². The molecule has 1 aromatic rings. The first-order valence-corrected chi connectivity index (χ1v) is 8.06. The van der Waals surface area contributed by atoms with Crippen LogP contribution in [0, 0.1) is 0 Å². The Labute approximate surface area is 147 Å². The zero-order chi connectivity index (χ0) is 18.4. The highest BCUT2D eigenvalue weighted by Crippen LogP contribution is 2.32. The lowest BCUT2D eigenvalue weighted by molar-refractivity contribution is -0.173. The average Bonchev–Trinajstić information content (AvgIpc) is 2.62. The molecule has 0 radical (unpaired) electrons. The third kappa shape index (κ3) is 3.31. The van der Waals surface area contributed by atoms with Crippen molar-refractivity contribution in [3.8, 4) is 0 Å². The molecule has 25 heavy (non-hydrogen) atoms. The zero-order valence-electron chi connectivity index (χ0n) is 14.2. The highest BCUT2D eigenvalue weighted by molar-refractivity contribution is 6.40. The monoisotopic (exact) mass is 338 g/mol. The maximum absolute atomic E-state index is 13.3. The van der Waals surface area contributed by atoms with Gasteiger partial charge in [-0.05, 0) is 12.0 Å². The zero-order valence-corrected chi connectivity index (χ0v) is 14.2. The highest BCUT2D eigenvalue weighted by Gasteiger charge is 2.54. The number of piperazine rings is 1. The second kappa shape index (κ2) is 7.75. The number of benzene rings is 1. The molecule has 5 nitrogen and oxygen atoms in total. The van der Waals surface area contributed by atoms with E-state index in [1.54, 1.807) is 6.08 Å². The third-order valence-corrected chi connectivity index (χ3v) is 4.28. The Morgan fingerprint density at radius 3 is 2.08 bits per heavy atom. The number of nitrogens with zero attached hydrogens (tertiary/aromatic N) is 2. The number of hydrogen-bond donors (Lipinski definition) is 0. The minimum Gasteiger partial charge on any atom is -0.315 e. The predicted octanol–water partition coefficient (Wildman–Crippen LogP) is 2.11. The molecule has 1 atom stereocenters. The van der Waals surface area contributed by atoms with E-state index in [2.05, 4.69) is 19.7 Å². The molecular weight excluding hydrogens is 316 g/mol. The van der Waals surface area contributed by atoms with Crippen molar-refractivity contribution < 1.29 is 14.4 Å². The summed E-state index contributed by atoms with van der Waals surface area (Å²) >= 11 is 0. The molecule has 0 saturated carbocycles. The van der Waals surface area contributed by atoms with E-state index in [9.17, 15) is 14.4 Å². The van der Waals surface area contributed by atoms with Crippen LogP contribution in [0.25, 0.3) is 0 Å². The molecule has 1 aliphatic rings. The lowest BCUT2D eigenvalue weighted by Gasteiger charge is -2.47. The molecule has 3 amide bonds. The fourth-order valence-corrected chi connectivity index (χ4v) is 3.18. The van der Waals surface area contributed by atoms with Gasteiger partial charge < -0.3 is 4.90 Å². The summed E-state index contributed by atoms with van der Waals surface area (Å²) in [6.45, 7) is 11.1. The van der Waals surface area contributed by atoms with Gasteiger partial charge in [0.25, 0.3) is 5.91 Å². The van der Waals surface area contributed by atoms with Gasteiger partial charge in [-0.3, -0.25) is 19.3 Å². The summed E-state index contributed by atoms with van der Waals surface area (Å²) in [5.41, 5.74) is -0.307. The van der Waals surface area contributed by atoms with E-state index in [1.807, 2.05) is 30.3 Å². The molecule has 1 aromatic carbocycles. The molecule has 2 rings (SSSR count). The van der Waals surface area contributed by atoms with Crippen molar-refractivity contribution in [1.29, 1.82) is 0 Å². The van der Waals surface area contributed by atoms with Crippen molar-refractivity contribution in [3.05, 3.63) is 73.9 Å². The molecular formula is C20H22N2O3. The molecule has 1 aliphatic heterocycles. The Morgan fingerprint density at radius 2 is 1.52 bits per heavy atom. The van der Waals surface area contributed by atoms with Crippen molar-refractivity contribution in [2.45, 2.75) is 18.4 Å². The summed E-state index contributed by atoms with van der Waals surface area (Å²) in [6, 6.07) is 9.41. The summed E-state index contributed by atoms with van der Waals surface area (Å²) in [5, 5.41) is 0. The highest BCUT2D eigenvalue weighted by atomic mass is 16.2. The molecule has 5 heteroatoms. The van der Waals surface area contributed by atoms with Gasteiger partial charge in [0, 0.05) is 19.5 Å². The first-order valence-electron chi connectivity index (χ1n) is 8.06. The Morgan fingerprint density at radius 1 is 0.880 bits per heavy atom. The number of rotatable bonds is 8. The maximum Gasteiger partial charge on any atom is 0.319 e. The van der Waals surface area contributed by atoms with E-state index >= 15 is 0 Å². The van der Waals surface area contributed by atoms with Crippen LogP contribution in [0.15, 0.2) is 68.3 Å². The Hall–Kier alpha value is -2.95. The van der Waals surface area contributed by atoms with Crippen LogP contribution >= 0.6 is 0 Å². The van der Waals surface area contributed by atoms with Crippen LogP contribution in [0.3, 0.4) is 0 Å². The van der Waals surface area contributed by atoms with Crippen molar-refractivity contribution in [2.24, 2.45) is 0 Å². The first kappa shape index (κ1) is 18.4. The smallest absolute Gasteiger partial charge is 0.315 e. The van der Waals surface area contributed by atoms with Crippen LogP contribution < -0.4 is 0 Å². The van der Waals surface area contributed by atoms with Gasteiger partial charge in [0.1, 0.15) is 5.54 Å². The largest absolute Gasteiger partial charge is 0.319 e. The molecule has 0 spiro atoms.